The van der Waals surface area contributed by atoms with E-state index in [0.29, 0.717) is 22.3 Å². The summed E-state index contributed by atoms with van der Waals surface area (Å²) < 4.78 is 46.8. The van der Waals surface area contributed by atoms with Crippen molar-refractivity contribution < 1.29 is 22.3 Å². The summed E-state index contributed by atoms with van der Waals surface area (Å²) in [6, 6.07) is 17.8. The van der Waals surface area contributed by atoms with Crippen LogP contribution in [0.3, 0.4) is 0 Å². The minimum absolute atomic E-state index is 0.120. The zero-order valence-corrected chi connectivity index (χ0v) is 17.7. The number of anilines is 2. The van der Waals surface area contributed by atoms with E-state index in [0.717, 1.165) is 6.07 Å². The van der Waals surface area contributed by atoms with Gasteiger partial charge in [0.25, 0.3) is 15.9 Å². The van der Waals surface area contributed by atoms with Crippen LogP contribution in [0.5, 0.6) is 5.75 Å². The molecule has 1 heterocycles. The van der Waals surface area contributed by atoms with E-state index in [4.69, 9.17) is 4.74 Å². The van der Waals surface area contributed by atoms with E-state index in [9.17, 15) is 17.6 Å². The highest BCUT2D eigenvalue weighted by molar-refractivity contribution is 7.92. The van der Waals surface area contributed by atoms with E-state index in [1.54, 1.807) is 30.5 Å². The summed E-state index contributed by atoms with van der Waals surface area (Å²) >= 11 is 0. The van der Waals surface area contributed by atoms with Crippen molar-refractivity contribution in [1.82, 2.24) is 4.98 Å². The van der Waals surface area contributed by atoms with Crippen LogP contribution in [0.15, 0.2) is 83.9 Å². The number of fused-ring (bicyclic) bond motifs is 1. The van der Waals surface area contributed by atoms with E-state index >= 15 is 0 Å². The molecule has 4 rings (SSSR count). The SMILES string of the molecule is COc1ccc(NC(=O)c2cccc(S(=O)(=O)Nc3ccccc3F)c2)c2cccnc12. The number of methoxy groups -OCH3 is 1. The highest BCUT2D eigenvalue weighted by Crippen LogP contribution is 2.30. The van der Waals surface area contributed by atoms with Gasteiger partial charge in [-0.3, -0.25) is 14.5 Å². The number of sulfonamides is 1. The fourth-order valence-electron chi connectivity index (χ4n) is 3.17. The van der Waals surface area contributed by atoms with Gasteiger partial charge >= 0.3 is 0 Å². The molecule has 0 aliphatic heterocycles. The molecule has 1 amide bonds. The summed E-state index contributed by atoms with van der Waals surface area (Å²) in [5.41, 5.74) is 1.02. The van der Waals surface area contributed by atoms with Crippen molar-refractivity contribution in [3.8, 4) is 5.75 Å². The van der Waals surface area contributed by atoms with Gasteiger partial charge in [-0.05, 0) is 54.6 Å². The third-order valence-corrected chi connectivity index (χ3v) is 6.09. The Kier molecular flexibility index (Phi) is 5.74. The van der Waals surface area contributed by atoms with Crippen molar-refractivity contribution in [3.63, 3.8) is 0 Å². The van der Waals surface area contributed by atoms with Gasteiger partial charge in [0.1, 0.15) is 17.1 Å². The zero-order valence-electron chi connectivity index (χ0n) is 16.9. The number of aromatic nitrogens is 1. The van der Waals surface area contributed by atoms with Crippen molar-refractivity contribution in [2.75, 3.05) is 17.1 Å². The lowest BCUT2D eigenvalue weighted by molar-refractivity contribution is 0.102. The summed E-state index contributed by atoms with van der Waals surface area (Å²) in [7, 11) is -2.57. The number of para-hydroxylation sites is 1. The molecule has 0 radical (unpaired) electrons. The van der Waals surface area contributed by atoms with Gasteiger partial charge in [-0.25, -0.2) is 12.8 Å². The lowest BCUT2D eigenvalue weighted by Gasteiger charge is -2.12. The summed E-state index contributed by atoms with van der Waals surface area (Å²) in [5.74, 6) is -0.654. The molecule has 7 nitrogen and oxygen atoms in total. The Labute approximate surface area is 183 Å². The fourth-order valence-corrected chi connectivity index (χ4v) is 4.28. The average molecular weight is 451 g/mol. The summed E-state index contributed by atoms with van der Waals surface area (Å²) in [4.78, 5) is 17.0. The number of pyridine rings is 1. The minimum atomic E-state index is -4.10. The Morgan fingerprint density at radius 1 is 0.969 bits per heavy atom. The summed E-state index contributed by atoms with van der Waals surface area (Å²) in [6.07, 6.45) is 1.62. The van der Waals surface area contributed by atoms with Gasteiger partial charge in [-0.2, -0.15) is 0 Å². The lowest BCUT2D eigenvalue weighted by atomic mass is 10.1. The second kappa shape index (κ2) is 8.64. The normalized spacial score (nSPS) is 11.2. The molecule has 4 aromatic rings. The highest BCUT2D eigenvalue weighted by Gasteiger charge is 2.19. The number of halogens is 1. The largest absolute Gasteiger partial charge is 0.494 e. The molecule has 0 spiro atoms. The standard InChI is InChI=1S/C23H18FN3O4S/c1-31-21-12-11-19(17-8-5-13-25-22(17)21)26-23(28)15-6-4-7-16(14-15)32(29,30)27-20-10-3-2-9-18(20)24/h2-14,27H,1H3,(H,26,28). The third-order valence-electron chi connectivity index (χ3n) is 4.73. The quantitative estimate of drug-likeness (QED) is 0.452. The number of rotatable bonds is 6. The van der Waals surface area contributed by atoms with Crippen LogP contribution in [0, 0.1) is 5.82 Å². The van der Waals surface area contributed by atoms with Crippen LogP contribution in [0.2, 0.25) is 0 Å². The smallest absolute Gasteiger partial charge is 0.262 e. The number of hydrogen-bond acceptors (Lipinski definition) is 5. The van der Waals surface area contributed by atoms with Crippen LogP contribution in [-0.4, -0.2) is 26.4 Å². The first-order valence-corrected chi connectivity index (χ1v) is 11.0. The number of carbonyl (C=O) groups excluding carboxylic acids is 1. The maximum absolute atomic E-state index is 13.9. The molecule has 3 aromatic carbocycles. The van der Waals surface area contributed by atoms with E-state index in [1.807, 2.05) is 0 Å². The summed E-state index contributed by atoms with van der Waals surface area (Å²) in [5, 5.41) is 3.45. The highest BCUT2D eigenvalue weighted by atomic mass is 32.2. The van der Waals surface area contributed by atoms with Gasteiger partial charge in [0.05, 0.1) is 23.4 Å². The van der Waals surface area contributed by atoms with Crippen LogP contribution >= 0.6 is 0 Å². The van der Waals surface area contributed by atoms with E-state index in [-0.39, 0.29) is 16.1 Å². The Balaban J connectivity index is 1.62. The molecule has 0 saturated carbocycles. The zero-order chi connectivity index (χ0) is 22.7. The number of ether oxygens (including phenoxy) is 1. The van der Waals surface area contributed by atoms with Crippen LogP contribution < -0.4 is 14.8 Å². The van der Waals surface area contributed by atoms with Gasteiger partial charge in [-0.15, -0.1) is 0 Å². The Morgan fingerprint density at radius 3 is 2.56 bits per heavy atom. The van der Waals surface area contributed by atoms with Gasteiger partial charge in [0.15, 0.2) is 0 Å². The Morgan fingerprint density at radius 2 is 1.78 bits per heavy atom. The first kappa shape index (κ1) is 21.3. The van der Waals surface area contributed by atoms with E-state index in [2.05, 4.69) is 15.0 Å². The van der Waals surface area contributed by atoms with Crippen molar-refractivity contribution in [1.29, 1.82) is 0 Å². The maximum atomic E-state index is 13.9. The number of nitrogens with one attached hydrogen (secondary N) is 2. The van der Waals surface area contributed by atoms with Gasteiger partial charge in [-0.1, -0.05) is 18.2 Å². The minimum Gasteiger partial charge on any atom is -0.494 e. The third kappa shape index (κ3) is 4.23. The molecule has 32 heavy (non-hydrogen) atoms. The van der Waals surface area contributed by atoms with Crippen molar-refractivity contribution in [2.45, 2.75) is 4.90 Å². The molecule has 9 heteroatoms. The molecule has 0 unspecified atom stereocenters. The van der Waals surface area contributed by atoms with Crippen molar-refractivity contribution >= 4 is 38.2 Å². The predicted octanol–water partition coefficient (Wildman–Crippen LogP) is 4.44. The maximum Gasteiger partial charge on any atom is 0.262 e. The summed E-state index contributed by atoms with van der Waals surface area (Å²) in [6.45, 7) is 0. The predicted molar refractivity (Wildman–Crippen MR) is 120 cm³/mol. The number of nitrogens with zero attached hydrogens (tertiary/aromatic N) is 1. The van der Waals surface area contributed by atoms with Crippen LogP contribution in [-0.2, 0) is 10.0 Å². The topological polar surface area (TPSA) is 97.4 Å². The fraction of sp³-hybridized carbons (Fsp3) is 0.0435. The van der Waals surface area contributed by atoms with Crippen LogP contribution in [0.25, 0.3) is 10.9 Å². The Hall–Kier alpha value is -3.98. The molecule has 0 fully saturated rings. The first-order chi connectivity index (χ1) is 15.4. The van der Waals surface area contributed by atoms with Crippen molar-refractivity contribution in [3.05, 3.63) is 90.4 Å². The molecule has 0 saturated heterocycles. The van der Waals surface area contributed by atoms with Gasteiger partial charge in [0, 0.05) is 17.1 Å². The molecule has 0 aliphatic rings. The molecule has 2 N–H and O–H groups in total. The second-order valence-electron chi connectivity index (χ2n) is 6.78. The molecular formula is C23H18FN3O4S. The number of amides is 1. The Bertz CT molecular complexity index is 1420. The monoisotopic (exact) mass is 451 g/mol. The molecule has 1 aromatic heterocycles. The lowest BCUT2D eigenvalue weighted by Crippen LogP contribution is -2.16. The molecule has 162 valence electrons. The van der Waals surface area contributed by atoms with Gasteiger partial charge in [0.2, 0.25) is 0 Å². The number of carbonyl (C=O) groups is 1. The average Bonchev–Trinajstić information content (AvgIpc) is 2.81. The first-order valence-electron chi connectivity index (χ1n) is 9.49. The molecular weight excluding hydrogens is 433 g/mol. The number of hydrogen-bond donors (Lipinski definition) is 2. The number of benzene rings is 3. The molecule has 0 bridgehead atoms. The van der Waals surface area contributed by atoms with Crippen molar-refractivity contribution in [2.24, 2.45) is 0 Å². The van der Waals surface area contributed by atoms with Crippen LogP contribution in [0.4, 0.5) is 15.8 Å². The van der Waals surface area contributed by atoms with E-state index < -0.39 is 21.7 Å². The second-order valence-corrected chi connectivity index (χ2v) is 8.46. The van der Waals surface area contributed by atoms with Crippen LogP contribution in [0.1, 0.15) is 10.4 Å². The molecule has 0 aliphatic carbocycles. The van der Waals surface area contributed by atoms with E-state index in [1.165, 1.54) is 49.6 Å². The molecule has 0 atom stereocenters. The van der Waals surface area contributed by atoms with Gasteiger partial charge < -0.3 is 10.1 Å².